The molecule has 224 valence electrons. The Morgan fingerprint density at radius 1 is 0.976 bits per heavy atom. The van der Waals surface area contributed by atoms with Gasteiger partial charge in [0.05, 0.1) is 6.61 Å². The minimum absolute atomic E-state index is 0.0462. The minimum atomic E-state index is -5.98. The molecule has 0 aromatic heterocycles. The van der Waals surface area contributed by atoms with E-state index >= 15 is 0 Å². The van der Waals surface area contributed by atoms with Gasteiger partial charge in [0.1, 0.15) is 11.3 Å². The first-order valence-electron chi connectivity index (χ1n) is 13.5. The van der Waals surface area contributed by atoms with Crippen molar-refractivity contribution in [3.63, 3.8) is 0 Å². The highest BCUT2D eigenvalue weighted by Gasteiger charge is 2.71. The van der Waals surface area contributed by atoms with Gasteiger partial charge in [0.25, 0.3) is 11.5 Å². The third-order valence-corrected chi connectivity index (χ3v) is 7.80. The fourth-order valence-electron chi connectivity index (χ4n) is 5.43. The number of urea groups is 1. The van der Waals surface area contributed by atoms with Crippen LogP contribution in [0.5, 0.6) is 5.75 Å². The number of hydrogen-bond acceptors (Lipinski definition) is 4. The summed E-state index contributed by atoms with van der Waals surface area (Å²) in [6.07, 6.45) is -7.73. The third kappa shape index (κ3) is 5.62. The molecule has 2 N–H and O–H groups in total. The number of fused-ring (bicyclic) bond motifs is 1. The highest BCUT2D eigenvalue weighted by atomic mass is 19.4. The second-order valence-electron chi connectivity index (χ2n) is 10.7. The van der Waals surface area contributed by atoms with E-state index in [-0.39, 0.29) is 36.8 Å². The predicted molar refractivity (Wildman–Crippen MR) is 137 cm³/mol. The Balaban J connectivity index is 1.38. The van der Waals surface area contributed by atoms with Crippen LogP contribution in [0.2, 0.25) is 0 Å². The molecule has 1 fully saturated rings. The maximum Gasteiger partial charge on any atom is 0.430 e. The van der Waals surface area contributed by atoms with Gasteiger partial charge in [-0.3, -0.25) is 9.69 Å². The van der Waals surface area contributed by atoms with Gasteiger partial charge in [-0.2, -0.15) is 26.3 Å². The summed E-state index contributed by atoms with van der Waals surface area (Å²) in [6, 6.07) is 7.54. The van der Waals surface area contributed by atoms with Crippen molar-refractivity contribution >= 4 is 11.9 Å². The zero-order valence-electron chi connectivity index (χ0n) is 22.7. The van der Waals surface area contributed by atoms with E-state index in [0.29, 0.717) is 31.4 Å². The Morgan fingerprint density at radius 2 is 1.66 bits per heavy atom. The molecule has 12 heteroatoms. The first-order valence-corrected chi connectivity index (χ1v) is 13.5. The number of aryl methyl sites for hydroxylation is 3. The van der Waals surface area contributed by atoms with Crippen LogP contribution in [0.25, 0.3) is 0 Å². The first-order chi connectivity index (χ1) is 19.1. The number of alkyl halides is 6. The standard InChI is InChI=1S/C29H32F6N2O4/c1-3-7-20-17-22(27(40,28(30,31)32)29(33,34)35)12-13-23(20)41-15-5-4-14-37-24(38)26(2,36-25(37)39)21-11-10-18-8-6-9-19(18)16-21/h10-13,16-17,40H,3-9,14-15H2,1-2H3,(H,36,39). The lowest BCUT2D eigenvalue weighted by atomic mass is 9.89. The van der Waals surface area contributed by atoms with Gasteiger partial charge in [0.2, 0.25) is 0 Å². The number of imide groups is 1. The SMILES string of the molecule is CCCc1cc(C(O)(C(F)(F)F)C(F)(F)F)ccc1OCCCCN1C(=O)NC(C)(c2ccc3c(c2)CCC3)C1=O. The largest absolute Gasteiger partial charge is 0.493 e. The van der Waals surface area contributed by atoms with Crippen LogP contribution in [0, 0.1) is 0 Å². The predicted octanol–water partition coefficient (Wildman–Crippen LogP) is 6.07. The number of benzene rings is 2. The van der Waals surface area contributed by atoms with E-state index in [1.807, 2.05) is 18.2 Å². The van der Waals surface area contributed by atoms with Gasteiger partial charge in [-0.25, -0.2) is 4.79 Å². The number of nitrogens with one attached hydrogen (secondary N) is 1. The number of carbonyl (C=O) groups excluding carboxylic acids is 2. The van der Waals surface area contributed by atoms with Crippen molar-refractivity contribution in [2.24, 2.45) is 0 Å². The summed E-state index contributed by atoms with van der Waals surface area (Å²) in [5.41, 5.74) is -4.29. The molecule has 6 nitrogen and oxygen atoms in total. The normalized spacial score (nSPS) is 19.5. The number of rotatable bonds is 10. The molecule has 0 spiro atoms. The summed E-state index contributed by atoms with van der Waals surface area (Å²) in [4.78, 5) is 27.0. The van der Waals surface area contributed by atoms with Gasteiger partial charge in [-0.1, -0.05) is 37.6 Å². The number of hydrogen-bond donors (Lipinski definition) is 2. The Morgan fingerprint density at radius 3 is 2.32 bits per heavy atom. The Labute approximate surface area is 233 Å². The quantitative estimate of drug-likeness (QED) is 0.201. The maximum atomic E-state index is 13.3. The minimum Gasteiger partial charge on any atom is -0.493 e. The molecule has 41 heavy (non-hydrogen) atoms. The number of unbranched alkanes of at least 4 members (excludes halogenated alkanes) is 1. The smallest absolute Gasteiger partial charge is 0.430 e. The van der Waals surface area contributed by atoms with Crippen molar-refractivity contribution in [1.82, 2.24) is 10.2 Å². The van der Waals surface area contributed by atoms with Gasteiger partial charge < -0.3 is 15.2 Å². The van der Waals surface area contributed by atoms with Crippen LogP contribution in [-0.4, -0.2) is 47.4 Å². The lowest BCUT2D eigenvalue weighted by molar-refractivity contribution is -0.376. The molecule has 2 aromatic carbocycles. The zero-order chi connectivity index (χ0) is 30.2. The van der Waals surface area contributed by atoms with Crippen LogP contribution >= 0.6 is 0 Å². The average molecular weight is 587 g/mol. The summed E-state index contributed by atoms with van der Waals surface area (Å²) in [5, 5.41) is 12.5. The second-order valence-corrected chi connectivity index (χ2v) is 10.7. The van der Waals surface area contributed by atoms with Crippen molar-refractivity contribution in [3.05, 3.63) is 64.2 Å². The van der Waals surface area contributed by atoms with Crippen molar-refractivity contribution in [2.75, 3.05) is 13.2 Å². The summed E-state index contributed by atoms with van der Waals surface area (Å²) >= 11 is 0. The Hall–Kier alpha value is -3.28. The first kappa shape index (κ1) is 30.7. The second kappa shape index (κ2) is 11.2. The highest BCUT2D eigenvalue weighted by Crippen LogP contribution is 2.50. The fourth-order valence-corrected chi connectivity index (χ4v) is 5.43. The van der Waals surface area contributed by atoms with E-state index in [1.54, 1.807) is 13.8 Å². The van der Waals surface area contributed by atoms with Gasteiger partial charge in [0.15, 0.2) is 0 Å². The molecule has 4 rings (SSSR count). The lowest BCUT2D eigenvalue weighted by Gasteiger charge is -2.33. The molecule has 1 atom stereocenters. The molecule has 2 aliphatic rings. The summed E-state index contributed by atoms with van der Waals surface area (Å²) in [7, 11) is 0. The molecule has 0 radical (unpaired) electrons. The van der Waals surface area contributed by atoms with E-state index in [4.69, 9.17) is 4.74 Å². The molecule has 1 aliphatic carbocycles. The number of aliphatic hydroxyl groups is 1. The van der Waals surface area contributed by atoms with Crippen LogP contribution in [0.4, 0.5) is 31.1 Å². The lowest BCUT2D eigenvalue weighted by Crippen LogP contribution is -2.53. The Bertz CT molecular complexity index is 1300. The monoisotopic (exact) mass is 586 g/mol. The van der Waals surface area contributed by atoms with Gasteiger partial charge in [-0.05, 0) is 79.8 Å². The summed E-state index contributed by atoms with van der Waals surface area (Å²) in [6.45, 7) is 3.53. The Kier molecular flexibility index (Phi) is 8.37. The molecule has 0 bridgehead atoms. The molecule has 0 saturated carbocycles. The van der Waals surface area contributed by atoms with Crippen molar-refractivity contribution < 1.29 is 45.8 Å². The van der Waals surface area contributed by atoms with Crippen LogP contribution < -0.4 is 10.1 Å². The van der Waals surface area contributed by atoms with E-state index in [0.717, 1.165) is 35.8 Å². The zero-order valence-corrected chi connectivity index (χ0v) is 22.7. The van der Waals surface area contributed by atoms with E-state index in [2.05, 4.69) is 5.32 Å². The van der Waals surface area contributed by atoms with E-state index < -0.39 is 35.1 Å². The van der Waals surface area contributed by atoms with Crippen LogP contribution in [0.3, 0.4) is 0 Å². The molecular weight excluding hydrogens is 554 g/mol. The molecule has 1 aliphatic heterocycles. The van der Waals surface area contributed by atoms with Crippen molar-refractivity contribution in [2.45, 2.75) is 82.3 Å². The highest BCUT2D eigenvalue weighted by molar-refractivity contribution is 6.07. The van der Waals surface area contributed by atoms with Gasteiger partial charge in [0, 0.05) is 12.1 Å². The number of nitrogens with zero attached hydrogens (tertiary/aromatic N) is 1. The molecule has 1 saturated heterocycles. The number of ether oxygens (including phenoxy) is 1. The fraction of sp³-hybridized carbons (Fsp3) is 0.517. The van der Waals surface area contributed by atoms with Crippen LogP contribution in [0.15, 0.2) is 36.4 Å². The van der Waals surface area contributed by atoms with Crippen LogP contribution in [-0.2, 0) is 35.2 Å². The molecule has 1 heterocycles. The van der Waals surface area contributed by atoms with E-state index in [1.165, 1.54) is 11.1 Å². The average Bonchev–Trinajstić information content (AvgIpc) is 3.45. The molecule has 1 unspecified atom stereocenters. The number of amides is 3. The number of carbonyl (C=O) groups is 2. The van der Waals surface area contributed by atoms with Gasteiger partial charge >= 0.3 is 18.4 Å². The van der Waals surface area contributed by atoms with E-state index in [9.17, 15) is 41.0 Å². The van der Waals surface area contributed by atoms with Gasteiger partial charge in [-0.15, -0.1) is 0 Å². The molecular formula is C29H32F6N2O4. The number of halogens is 6. The summed E-state index contributed by atoms with van der Waals surface area (Å²) < 4.78 is 85.5. The summed E-state index contributed by atoms with van der Waals surface area (Å²) in [5.74, 6) is -0.273. The maximum absolute atomic E-state index is 13.3. The molecule has 2 aromatic rings. The third-order valence-electron chi connectivity index (χ3n) is 7.80. The molecule has 3 amide bonds. The van der Waals surface area contributed by atoms with Crippen molar-refractivity contribution in [3.8, 4) is 5.75 Å². The topological polar surface area (TPSA) is 78.9 Å². The van der Waals surface area contributed by atoms with Crippen LogP contribution in [0.1, 0.15) is 67.3 Å². The van der Waals surface area contributed by atoms with Crippen molar-refractivity contribution in [1.29, 1.82) is 0 Å².